The van der Waals surface area contributed by atoms with Gasteiger partial charge in [0.2, 0.25) is 0 Å². The summed E-state index contributed by atoms with van der Waals surface area (Å²) in [7, 11) is 1.62. The summed E-state index contributed by atoms with van der Waals surface area (Å²) in [5.41, 5.74) is 3.06. The third kappa shape index (κ3) is 3.68. The third-order valence-electron chi connectivity index (χ3n) is 4.16. The maximum Gasteiger partial charge on any atom is 0.137 e. The SMILES string of the molecule is COc1ccc(CN2CCCn3nc(C(C)O)cc3C2)cc1Cl. The van der Waals surface area contributed by atoms with Crippen LogP contribution in [0, 0.1) is 0 Å². The van der Waals surface area contributed by atoms with Crippen LogP contribution in [0.1, 0.15) is 36.4 Å². The van der Waals surface area contributed by atoms with Crippen LogP contribution in [-0.4, -0.2) is 33.4 Å². The van der Waals surface area contributed by atoms with Crippen LogP contribution in [0.15, 0.2) is 24.3 Å². The van der Waals surface area contributed by atoms with Gasteiger partial charge in [0.05, 0.1) is 29.6 Å². The van der Waals surface area contributed by atoms with Crippen molar-refractivity contribution in [2.75, 3.05) is 13.7 Å². The van der Waals surface area contributed by atoms with Gasteiger partial charge in [-0.15, -0.1) is 0 Å². The van der Waals surface area contributed by atoms with E-state index in [4.69, 9.17) is 16.3 Å². The number of hydrogen-bond donors (Lipinski definition) is 1. The Morgan fingerprint density at radius 1 is 1.35 bits per heavy atom. The van der Waals surface area contributed by atoms with Crippen molar-refractivity contribution in [2.45, 2.75) is 39.1 Å². The second-order valence-corrected chi connectivity index (χ2v) is 6.40. The lowest BCUT2D eigenvalue weighted by Crippen LogP contribution is -2.22. The zero-order valence-electron chi connectivity index (χ0n) is 13.5. The molecule has 0 amide bonds. The van der Waals surface area contributed by atoms with E-state index in [2.05, 4.69) is 10.00 Å². The van der Waals surface area contributed by atoms with Crippen LogP contribution >= 0.6 is 11.6 Å². The molecule has 0 radical (unpaired) electrons. The number of ether oxygens (including phenoxy) is 1. The predicted molar refractivity (Wildman–Crippen MR) is 89.6 cm³/mol. The van der Waals surface area contributed by atoms with E-state index >= 15 is 0 Å². The molecule has 1 aromatic heterocycles. The van der Waals surface area contributed by atoms with Gasteiger partial charge in [-0.1, -0.05) is 17.7 Å². The monoisotopic (exact) mass is 335 g/mol. The Morgan fingerprint density at radius 2 is 2.17 bits per heavy atom. The molecule has 2 heterocycles. The Bertz CT molecular complexity index is 684. The normalized spacial score (nSPS) is 16.7. The maximum atomic E-state index is 9.71. The number of hydrogen-bond acceptors (Lipinski definition) is 4. The lowest BCUT2D eigenvalue weighted by molar-refractivity contribution is 0.193. The Balaban J connectivity index is 1.74. The van der Waals surface area contributed by atoms with Gasteiger partial charge in [-0.3, -0.25) is 9.58 Å². The molecule has 1 aliphatic heterocycles. The molecule has 1 aromatic carbocycles. The van der Waals surface area contributed by atoms with Crippen molar-refractivity contribution < 1.29 is 9.84 Å². The molecule has 1 N–H and O–H groups in total. The number of benzene rings is 1. The molecule has 0 saturated heterocycles. The second kappa shape index (κ2) is 6.91. The first kappa shape index (κ1) is 16.3. The van der Waals surface area contributed by atoms with E-state index in [9.17, 15) is 5.11 Å². The lowest BCUT2D eigenvalue weighted by atomic mass is 10.2. The van der Waals surface area contributed by atoms with Crippen LogP contribution in [0.3, 0.4) is 0 Å². The van der Waals surface area contributed by atoms with E-state index in [1.807, 2.05) is 28.9 Å². The summed E-state index contributed by atoms with van der Waals surface area (Å²) in [4.78, 5) is 2.38. The Labute approximate surface area is 141 Å². The number of rotatable bonds is 4. The summed E-state index contributed by atoms with van der Waals surface area (Å²) in [6.45, 7) is 5.31. The summed E-state index contributed by atoms with van der Waals surface area (Å²) in [5.74, 6) is 0.700. The number of nitrogens with zero attached hydrogens (tertiary/aromatic N) is 3. The molecule has 1 unspecified atom stereocenters. The molecule has 23 heavy (non-hydrogen) atoms. The maximum absolute atomic E-state index is 9.71. The standard InChI is InChI=1S/C17H22ClN3O2/c1-12(22)16-9-14-11-20(6-3-7-21(14)19-16)10-13-4-5-17(23-2)15(18)8-13/h4-5,8-9,12,22H,3,6-7,10-11H2,1-2H3. The van der Waals surface area contributed by atoms with Gasteiger partial charge < -0.3 is 9.84 Å². The number of fused-ring (bicyclic) bond motifs is 1. The lowest BCUT2D eigenvalue weighted by Gasteiger charge is -2.20. The first-order valence-electron chi connectivity index (χ1n) is 7.86. The number of aliphatic hydroxyl groups is 1. The molecular formula is C17H22ClN3O2. The van der Waals surface area contributed by atoms with Gasteiger partial charge >= 0.3 is 0 Å². The molecule has 0 bridgehead atoms. The van der Waals surface area contributed by atoms with Crippen LogP contribution in [0.2, 0.25) is 5.02 Å². The second-order valence-electron chi connectivity index (χ2n) is 5.99. The Morgan fingerprint density at radius 3 is 2.87 bits per heavy atom. The van der Waals surface area contributed by atoms with E-state index in [1.165, 1.54) is 5.56 Å². The molecule has 6 heteroatoms. The molecule has 5 nitrogen and oxygen atoms in total. The minimum absolute atomic E-state index is 0.525. The summed E-state index contributed by atoms with van der Waals surface area (Å²) in [6, 6.07) is 7.92. The van der Waals surface area contributed by atoms with Crippen molar-refractivity contribution >= 4 is 11.6 Å². The Hall–Kier alpha value is -1.56. The van der Waals surface area contributed by atoms with E-state index in [1.54, 1.807) is 14.0 Å². The molecule has 0 spiro atoms. The fourth-order valence-corrected chi connectivity index (χ4v) is 3.24. The van der Waals surface area contributed by atoms with Gasteiger partial charge in [0.25, 0.3) is 0 Å². The van der Waals surface area contributed by atoms with Crippen LogP contribution in [0.5, 0.6) is 5.75 Å². The molecule has 2 aromatic rings. The summed E-state index contributed by atoms with van der Waals surface area (Å²) in [6.07, 6.45) is 0.515. The zero-order valence-corrected chi connectivity index (χ0v) is 14.3. The van der Waals surface area contributed by atoms with Crippen molar-refractivity contribution in [3.8, 4) is 5.75 Å². The topological polar surface area (TPSA) is 50.5 Å². The molecule has 0 saturated carbocycles. The van der Waals surface area contributed by atoms with Crippen molar-refractivity contribution in [1.82, 2.24) is 14.7 Å². The van der Waals surface area contributed by atoms with Gasteiger partial charge in [-0.25, -0.2) is 0 Å². The molecule has 1 atom stereocenters. The first-order chi connectivity index (χ1) is 11.1. The van der Waals surface area contributed by atoms with Crippen molar-refractivity contribution in [3.05, 3.63) is 46.2 Å². The van der Waals surface area contributed by atoms with E-state index in [0.717, 1.165) is 44.0 Å². The van der Waals surface area contributed by atoms with Crippen LogP contribution < -0.4 is 4.74 Å². The van der Waals surface area contributed by atoms with Crippen molar-refractivity contribution in [3.63, 3.8) is 0 Å². The van der Waals surface area contributed by atoms with Gasteiger partial charge in [0.15, 0.2) is 0 Å². The molecule has 0 fully saturated rings. The average molecular weight is 336 g/mol. The summed E-state index contributed by atoms with van der Waals surface area (Å²) < 4.78 is 7.22. The van der Waals surface area contributed by atoms with Gasteiger partial charge in [-0.05, 0) is 37.1 Å². The highest BCUT2D eigenvalue weighted by molar-refractivity contribution is 6.32. The van der Waals surface area contributed by atoms with Gasteiger partial charge in [-0.2, -0.15) is 5.10 Å². The molecule has 1 aliphatic rings. The third-order valence-corrected chi connectivity index (χ3v) is 4.46. The first-order valence-corrected chi connectivity index (χ1v) is 8.24. The molecular weight excluding hydrogens is 314 g/mol. The fourth-order valence-electron chi connectivity index (χ4n) is 2.96. The van der Waals surface area contributed by atoms with Gasteiger partial charge in [0, 0.05) is 26.2 Å². The predicted octanol–water partition coefficient (Wildman–Crippen LogP) is 3.00. The highest BCUT2D eigenvalue weighted by Crippen LogP contribution is 2.26. The minimum atomic E-state index is -0.525. The number of aromatic nitrogens is 2. The Kier molecular flexibility index (Phi) is 4.90. The van der Waals surface area contributed by atoms with E-state index in [-0.39, 0.29) is 0 Å². The highest BCUT2D eigenvalue weighted by Gasteiger charge is 2.18. The van der Waals surface area contributed by atoms with Crippen molar-refractivity contribution in [1.29, 1.82) is 0 Å². The number of halogens is 1. The number of aryl methyl sites for hydroxylation is 1. The molecule has 0 aliphatic carbocycles. The smallest absolute Gasteiger partial charge is 0.137 e. The van der Waals surface area contributed by atoms with Crippen LogP contribution in [0.25, 0.3) is 0 Å². The molecule has 3 rings (SSSR count). The highest BCUT2D eigenvalue weighted by atomic mass is 35.5. The number of methoxy groups -OCH3 is 1. The average Bonchev–Trinajstić information content (AvgIpc) is 2.82. The van der Waals surface area contributed by atoms with E-state index < -0.39 is 6.10 Å². The fraction of sp³-hybridized carbons (Fsp3) is 0.471. The summed E-state index contributed by atoms with van der Waals surface area (Å²) in [5, 5.41) is 14.8. The largest absolute Gasteiger partial charge is 0.495 e. The van der Waals surface area contributed by atoms with Crippen LogP contribution in [-0.2, 0) is 19.6 Å². The van der Waals surface area contributed by atoms with Crippen LogP contribution in [0.4, 0.5) is 0 Å². The number of aliphatic hydroxyl groups excluding tert-OH is 1. The minimum Gasteiger partial charge on any atom is -0.495 e. The molecule has 124 valence electrons. The van der Waals surface area contributed by atoms with Gasteiger partial charge in [0.1, 0.15) is 5.75 Å². The van der Waals surface area contributed by atoms with E-state index in [0.29, 0.717) is 10.8 Å². The quantitative estimate of drug-likeness (QED) is 0.933. The van der Waals surface area contributed by atoms with Crippen molar-refractivity contribution in [2.24, 2.45) is 0 Å². The zero-order chi connectivity index (χ0) is 16.4. The summed E-state index contributed by atoms with van der Waals surface area (Å²) >= 11 is 6.21.